The van der Waals surface area contributed by atoms with Gasteiger partial charge in [0.1, 0.15) is 0 Å². The maximum atomic E-state index is 12.5. The van der Waals surface area contributed by atoms with Crippen molar-refractivity contribution >= 4 is 34.8 Å². The fourth-order valence-corrected chi connectivity index (χ4v) is 2.77. The van der Waals surface area contributed by atoms with E-state index in [0.717, 1.165) is 25.1 Å². The zero-order chi connectivity index (χ0) is 13.4. The average molecular weight is 299 g/mol. The van der Waals surface area contributed by atoms with Gasteiger partial charge >= 0.3 is 0 Å². The Bertz CT molecular complexity index is 502. The summed E-state index contributed by atoms with van der Waals surface area (Å²) in [4.78, 5) is 14.3. The number of rotatable bonds is 3. The molecule has 1 N–H and O–H groups in total. The first-order valence-corrected chi connectivity index (χ1v) is 7.43. The molecular formula is C14H16Cl2N2O. The van der Waals surface area contributed by atoms with Gasteiger partial charge in [0.05, 0.1) is 16.1 Å². The predicted octanol–water partition coefficient (Wildman–Crippen LogP) is 3.24. The fraction of sp³-hybridized carbons (Fsp3) is 0.500. The van der Waals surface area contributed by atoms with Crippen molar-refractivity contribution in [3.05, 3.63) is 28.2 Å². The highest BCUT2D eigenvalue weighted by Crippen LogP contribution is 2.30. The topological polar surface area (TPSA) is 32.3 Å². The molecule has 1 aromatic rings. The van der Waals surface area contributed by atoms with Crippen LogP contribution in [0.5, 0.6) is 0 Å². The van der Waals surface area contributed by atoms with Gasteiger partial charge in [-0.25, -0.2) is 0 Å². The van der Waals surface area contributed by atoms with Crippen molar-refractivity contribution in [1.82, 2.24) is 5.32 Å². The van der Waals surface area contributed by atoms with Gasteiger partial charge in [-0.15, -0.1) is 0 Å². The number of benzene rings is 1. The summed E-state index contributed by atoms with van der Waals surface area (Å²) in [5, 5.41) is 4.42. The maximum Gasteiger partial charge on any atom is 0.244 e. The van der Waals surface area contributed by atoms with Crippen LogP contribution in [0, 0.1) is 0 Å². The molecule has 0 radical (unpaired) electrons. The Kier molecular flexibility index (Phi) is 3.70. The summed E-state index contributed by atoms with van der Waals surface area (Å²) in [6.45, 7) is 0.750. The number of nitrogens with one attached hydrogen (secondary N) is 1. The monoisotopic (exact) mass is 298 g/mol. The summed E-state index contributed by atoms with van der Waals surface area (Å²) in [6.07, 6.45) is 4.32. The van der Waals surface area contributed by atoms with E-state index in [4.69, 9.17) is 23.2 Å². The summed E-state index contributed by atoms with van der Waals surface area (Å²) >= 11 is 11.9. The second-order valence-corrected chi connectivity index (χ2v) is 6.04. The quantitative estimate of drug-likeness (QED) is 0.929. The summed E-state index contributed by atoms with van der Waals surface area (Å²) in [7, 11) is 0. The molecule has 0 spiro atoms. The lowest BCUT2D eigenvalue weighted by Crippen LogP contribution is -2.51. The standard InChI is InChI=1S/C14H16Cl2N2O/c15-11-6-5-10(8-12(11)16)18-7-1-2-13(14(18)19)17-9-3-4-9/h5-6,8-9,13,17H,1-4,7H2. The van der Waals surface area contributed by atoms with Crippen LogP contribution < -0.4 is 10.2 Å². The highest BCUT2D eigenvalue weighted by molar-refractivity contribution is 6.42. The Morgan fingerprint density at radius 1 is 1.16 bits per heavy atom. The molecule has 3 nitrogen and oxygen atoms in total. The maximum absolute atomic E-state index is 12.5. The van der Waals surface area contributed by atoms with Crippen LogP contribution in [-0.2, 0) is 4.79 Å². The van der Waals surface area contributed by atoms with Crippen molar-refractivity contribution in [1.29, 1.82) is 0 Å². The molecule has 0 aromatic heterocycles. The van der Waals surface area contributed by atoms with E-state index < -0.39 is 0 Å². The SMILES string of the molecule is O=C1C(NC2CC2)CCCN1c1ccc(Cl)c(Cl)c1. The Hall–Kier alpha value is -0.770. The van der Waals surface area contributed by atoms with Crippen LogP contribution in [-0.4, -0.2) is 24.5 Å². The first-order chi connectivity index (χ1) is 9.15. The minimum atomic E-state index is -0.0456. The van der Waals surface area contributed by atoms with E-state index in [9.17, 15) is 4.79 Å². The molecule has 0 bridgehead atoms. The van der Waals surface area contributed by atoms with Gasteiger partial charge in [-0.3, -0.25) is 4.79 Å². The first kappa shape index (κ1) is 13.2. The second kappa shape index (κ2) is 5.31. The third kappa shape index (κ3) is 2.88. The zero-order valence-electron chi connectivity index (χ0n) is 10.5. The number of nitrogens with zero attached hydrogens (tertiary/aromatic N) is 1. The van der Waals surface area contributed by atoms with Crippen LogP contribution in [0.1, 0.15) is 25.7 Å². The first-order valence-electron chi connectivity index (χ1n) is 6.67. The van der Waals surface area contributed by atoms with E-state index in [1.807, 2.05) is 11.0 Å². The second-order valence-electron chi connectivity index (χ2n) is 5.22. The normalized spacial score (nSPS) is 23.8. The summed E-state index contributed by atoms with van der Waals surface area (Å²) in [5.74, 6) is 0.150. The summed E-state index contributed by atoms with van der Waals surface area (Å²) < 4.78 is 0. The number of carbonyl (C=O) groups is 1. The Labute approximate surface area is 122 Å². The minimum absolute atomic E-state index is 0.0456. The Morgan fingerprint density at radius 3 is 2.63 bits per heavy atom. The number of amides is 1. The number of carbonyl (C=O) groups excluding carboxylic acids is 1. The van der Waals surface area contributed by atoms with Crippen molar-refractivity contribution in [2.75, 3.05) is 11.4 Å². The van der Waals surface area contributed by atoms with Gasteiger partial charge in [-0.2, -0.15) is 0 Å². The van der Waals surface area contributed by atoms with Crippen LogP contribution in [0.25, 0.3) is 0 Å². The number of anilines is 1. The van der Waals surface area contributed by atoms with Gasteiger partial charge in [0.2, 0.25) is 5.91 Å². The zero-order valence-corrected chi connectivity index (χ0v) is 12.0. The molecule has 1 atom stereocenters. The van der Waals surface area contributed by atoms with E-state index in [0.29, 0.717) is 16.1 Å². The molecule has 1 aromatic carbocycles. The van der Waals surface area contributed by atoms with Crippen LogP contribution in [0.2, 0.25) is 10.0 Å². The molecule has 1 heterocycles. The molecule has 1 saturated carbocycles. The lowest BCUT2D eigenvalue weighted by molar-refractivity contribution is -0.121. The number of halogens is 2. The molecule has 19 heavy (non-hydrogen) atoms. The molecule has 1 aliphatic carbocycles. The van der Waals surface area contributed by atoms with Crippen LogP contribution in [0.3, 0.4) is 0 Å². The summed E-state index contributed by atoms with van der Waals surface area (Å²) in [6, 6.07) is 5.86. The van der Waals surface area contributed by atoms with Crippen LogP contribution >= 0.6 is 23.2 Å². The lowest BCUT2D eigenvalue weighted by Gasteiger charge is -2.33. The molecule has 1 amide bonds. The predicted molar refractivity (Wildman–Crippen MR) is 78.0 cm³/mol. The van der Waals surface area contributed by atoms with Crippen LogP contribution in [0.4, 0.5) is 5.69 Å². The Balaban J connectivity index is 1.78. The van der Waals surface area contributed by atoms with E-state index in [1.54, 1.807) is 12.1 Å². The van der Waals surface area contributed by atoms with Gasteiger partial charge in [0.25, 0.3) is 0 Å². The number of hydrogen-bond acceptors (Lipinski definition) is 2. The molecule has 1 aliphatic heterocycles. The van der Waals surface area contributed by atoms with Crippen molar-refractivity contribution < 1.29 is 4.79 Å². The van der Waals surface area contributed by atoms with Crippen molar-refractivity contribution in [2.24, 2.45) is 0 Å². The van der Waals surface area contributed by atoms with Crippen molar-refractivity contribution in [3.63, 3.8) is 0 Å². The number of hydrogen-bond donors (Lipinski definition) is 1. The highest BCUT2D eigenvalue weighted by Gasteiger charge is 2.33. The van der Waals surface area contributed by atoms with Crippen LogP contribution in [0.15, 0.2) is 18.2 Å². The molecule has 2 fully saturated rings. The molecule has 1 unspecified atom stereocenters. The van der Waals surface area contributed by atoms with Gasteiger partial charge in [0.15, 0.2) is 0 Å². The molecule has 3 rings (SSSR count). The van der Waals surface area contributed by atoms with Gasteiger partial charge in [0, 0.05) is 18.3 Å². The van der Waals surface area contributed by atoms with Gasteiger partial charge in [-0.1, -0.05) is 23.2 Å². The van der Waals surface area contributed by atoms with E-state index in [-0.39, 0.29) is 11.9 Å². The molecule has 2 aliphatic rings. The molecule has 1 saturated heterocycles. The lowest BCUT2D eigenvalue weighted by atomic mass is 10.0. The van der Waals surface area contributed by atoms with Crippen molar-refractivity contribution in [2.45, 2.75) is 37.8 Å². The molecular weight excluding hydrogens is 283 g/mol. The third-order valence-electron chi connectivity index (χ3n) is 3.67. The van der Waals surface area contributed by atoms with Gasteiger partial charge in [-0.05, 0) is 43.9 Å². The third-order valence-corrected chi connectivity index (χ3v) is 4.41. The van der Waals surface area contributed by atoms with Crippen molar-refractivity contribution in [3.8, 4) is 0 Å². The minimum Gasteiger partial charge on any atom is -0.311 e. The Morgan fingerprint density at radius 2 is 1.95 bits per heavy atom. The van der Waals surface area contributed by atoms with Gasteiger partial charge < -0.3 is 10.2 Å². The number of piperidine rings is 1. The van der Waals surface area contributed by atoms with E-state index in [1.165, 1.54) is 12.8 Å². The van der Waals surface area contributed by atoms with E-state index >= 15 is 0 Å². The van der Waals surface area contributed by atoms with E-state index in [2.05, 4.69) is 5.32 Å². The highest BCUT2D eigenvalue weighted by atomic mass is 35.5. The smallest absolute Gasteiger partial charge is 0.244 e. The fourth-order valence-electron chi connectivity index (χ4n) is 2.47. The largest absolute Gasteiger partial charge is 0.311 e. The molecule has 102 valence electrons. The molecule has 5 heteroatoms. The summed E-state index contributed by atoms with van der Waals surface area (Å²) in [5.41, 5.74) is 0.835. The average Bonchev–Trinajstić information content (AvgIpc) is 3.20.